The lowest BCUT2D eigenvalue weighted by atomic mass is 9.55. The predicted octanol–water partition coefficient (Wildman–Crippen LogP) is 8.93. The molecule has 5 rings (SSSR count). The van der Waals surface area contributed by atoms with Gasteiger partial charge in [-0.05, 0) is 66.7 Å². The molecule has 4 aromatic carbocycles. The van der Waals surface area contributed by atoms with E-state index in [0.717, 1.165) is 42.4 Å². The number of ether oxygens (including phenoxy) is 3. The van der Waals surface area contributed by atoms with Gasteiger partial charge in [-0.1, -0.05) is 147 Å². The Bertz CT molecular complexity index is 1770. The molecule has 0 heterocycles. The van der Waals surface area contributed by atoms with Crippen LogP contribution in [0.3, 0.4) is 0 Å². The van der Waals surface area contributed by atoms with Gasteiger partial charge in [0.15, 0.2) is 0 Å². The first-order chi connectivity index (χ1) is 27.4. The van der Waals surface area contributed by atoms with Gasteiger partial charge in [-0.25, -0.2) is 0 Å². The van der Waals surface area contributed by atoms with Crippen molar-refractivity contribution >= 4 is 23.8 Å². The standard InChI is InChI=1S/C48H55NO7/c1-3-31-49(32-18-8-9-20-36(2)21-19-30-37-22-10-4-11-23-37)45(50)41-42(46(51)54-33-38-24-12-5-13-25-38)44(48(53)56-35-40-28-16-7-17-29-40)43(41)47(52)55-34-39-26-14-6-15-27-39/h4-7,9-17,20,22-29,36,41-44H,3,8,18-19,21,30-35H2,1-2H3/b20-9+/t36-,41?,42-,43-,44?/m0/s1. The van der Waals surface area contributed by atoms with Crippen molar-refractivity contribution in [3.63, 3.8) is 0 Å². The summed E-state index contributed by atoms with van der Waals surface area (Å²) in [6.07, 6.45) is 9.85. The van der Waals surface area contributed by atoms with Gasteiger partial charge < -0.3 is 19.1 Å². The van der Waals surface area contributed by atoms with Crippen LogP contribution in [0.5, 0.6) is 0 Å². The molecule has 0 aliphatic heterocycles. The second-order valence-electron chi connectivity index (χ2n) is 14.6. The molecular weight excluding hydrogens is 703 g/mol. The van der Waals surface area contributed by atoms with E-state index in [1.165, 1.54) is 5.56 Å². The van der Waals surface area contributed by atoms with Gasteiger partial charge in [-0.2, -0.15) is 0 Å². The van der Waals surface area contributed by atoms with E-state index < -0.39 is 41.6 Å². The van der Waals surface area contributed by atoms with E-state index >= 15 is 0 Å². The van der Waals surface area contributed by atoms with Crippen molar-refractivity contribution < 1.29 is 33.4 Å². The number of hydrogen-bond acceptors (Lipinski definition) is 7. The van der Waals surface area contributed by atoms with E-state index in [9.17, 15) is 19.2 Å². The molecule has 0 N–H and O–H groups in total. The van der Waals surface area contributed by atoms with Gasteiger partial charge in [0.05, 0.1) is 23.7 Å². The molecule has 1 fully saturated rings. The zero-order valence-corrected chi connectivity index (χ0v) is 32.7. The molecular formula is C48H55NO7. The minimum atomic E-state index is -1.26. The van der Waals surface area contributed by atoms with E-state index in [-0.39, 0.29) is 25.7 Å². The van der Waals surface area contributed by atoms with Gasteiger partial charge in [0.2, 0.25) is 5.91 Å². The van der Waals surface area contributed by atoms with Crippen LogP contribution in [0.25, 0.3) is 0 Å². The highest BCUT2D eigenvalue weighted by atomic mass is 16.5. The Labute approximate surface area is 331 Å². The number of nitrogens with zero attached hydrogens (tertiary/aromatic N) is 1. The maximum absolute atomic E-state index is 14.6. The number of hydrogen-bond donors (Lipinski definition) is 0. The first kappa shape index (κ1) is 41.7. The number of rotatable bonds is 21. The highest BCUT2D eigenvalue weighted by molar-refractivity contribution is 5.99. The van der Waals surface area contributed by atoms with Crippen molar-refractivity contribution in [2.45, 2.75) is 72.2 Å². The van der Waals surface area contributed by atoms with Crippen molar-refractivity contribution in [3.05, 3.63) is 156 Å². The number of esters is 3. The van der Waals surface area contributed by atoms with Crippen molar-refractivity contribution in [2.75, 3.05) is 13.1 Å². The quantitative estimate of drug-likeness (QED) is 0.0362. The van der Waals surface area contributed by atoms with Crippen LogP contribution < -0.4 is 0 Å². The molecule has 0 aromatic heterocycles. The Balaban J connectivity index is 1.31. The van der Waals surface area contributed by atoms with Crippen LogP contribution in [0.4, 0.5) is 0 Å². The Kier molecular flexibility index (Phi) is 16.5. The van der Waals surface area contributed by atoms with E-state index in [1.807, 2.05) is 104 Å². The zero-order chi connectivity index (χ0) is 39.5. The summed E-state index contributed by atoms with van der Waals surface area (Å²) >= 11 is 0. The normalized spacial score (nSPS) is 18.0. The Morgan fingerprint density at radius 3 is 1.41 bits per heavy atom. The van der Waals surface area contributed by atoms with Crippen LogP contribution in [-0.2, 0) is 59.6 Å². The van der Waals surface area contributed by atoms with Crippen LogP contribution in [0.15, 0.2) is 133 Å². The number of unbranched alkanes of at least 4 members (excludes halogenated alkanes) is 1. The number of allylic oxidation sites excluding steroid dienone is 2. The molecule has 0 unspecified atom stereocenters. The number of carbonyl (C=O) groups is 4. The topological polar surface area (TPSA) is 99.2 Å². The Morgan fingerprint density at radius 1 is 0.571 bits per heavy atom. The minimum absolute atomic E-state index is 0.0400. The molecule has 1 saturated carbocycles. The second kappa shape index (κ2) is 22.2. The lowest BCUT2D eigenvalue weighted by molar-refractivity contribution is -0.197. The SMILES string of the molecule is CCCN(CCC/C=C/[C@H](C)CCCc1ccccc1)C(=O)C1[C@H](C(=O)OCc2ccccc2)C(C(=O)OCc2ccccc2)[C@H]1C(=O)OCc1ccccc1. The van der Waals surface area contributed by atoms with Gasteiger partial charge in [-0.3, -0.25) is 19.2 Å². The maximum Gasteiger partial charge on any atom is 0.311 e. The molecule has 0 bridgehead atoms. The smallest absolute Gasteiger partial charge is 0.311 e. The van der Waals surface area contributed by atoms with Crippen LogP contribution >= 0.6 is 0 Å². The summed E-state index contributed by atoms with van der Waals surface area (Å²) in [5.74, 6) is -6.96. The van der Waals surface area contributed by atoms with Gasteiger partial charge in [0.25, 0.3) is 0 Å². The summed E-state index contributed by atoms with van der Waals surface area (Å²) in [5, 5.41) is 0. The molecule has 56 heavy (non-hydrogen) atoms. The highest BCUT2D eigenvalue weighted by Gasteiger charge is 2.65. The van der Waals surface area contributed by atoms with Gasteiger partial charge >= 0.3 is 17.9 Å². The molecule has 3 atom stereocenters. The minimum Gasteiger partial charge on any atom is -0.461 e. The third-order valence-corrected chi connectivity index (χ3v) is 10.4. The molecule has 0 spiro atoms. The summed E-state index contributed by atoms with van der Waals surface area (Å²) in [5.41, 5.74) is 3.63. The van der Waals surface area contributed by atoms with Gasteiger partial charge in [-0.15, -0.1) is 0 Å². The fraction of sp³-hybridized carbons (Fsp3) is 0.375. The van der Waals surface area contributed by atoms with E-state index in [1.54, 1.807) is 4.90 Å². The number of benzene rings is 4. The molecule has 0 saturated heterocycles. The fourth-order valence-electron chi connectivity index (χ4n) is 7.32. The number of carbonyl (C=O) groups excluding carboxylic acids is 4. The Hall–Kier alpha value is -5.50. The third-order valence-electron chi connectivity index (χ3n) is 10.4. The lowest BCUT2D eigenvalue weighted by Crippen LogP contribution is -2.63. The van der Waals surface area contributed by atoms with E-state index in [2.05, 4.69) is 43.3 Å². The van der Waals surface area contributed by atoms with Gasteiger partial charge in [0.1, 0.15) is 19.8 Å². The molecule has 1 amide bonds. The zero-order valence-electron chi connectivity index (χ0n) is 32.7. The molecule has 8 nitrogen and oxygen atoms in total. The summed E-state index contributed by atoms with van der Waals surface area (Å²) in [6.45, 7) is 4.96. The first-order valence-electron chi connectivity index (χ1n) is 20.0. The molecule has 0 radical (unpaired) electrons. The van der Waals surface area contributed by atoms with Crippen molar-refractivity contribution in [1.82, 2.24) is 4.90 Å². The van der Waals surface area contributed by atoms with Crippen LogP contribution in [0, 0.1) is 29.6 Å². The fourth-order valence-corrected chi connectivity index (χ4v) is 7.32. The van der Waals surface area contributed by atoms with Crippen LogP contribution in [0.2, 0.25) is 0 Å². The molecule has 294 valence electrons. The van der Waals surface area contributed by atoms with Crippen molar-refractivity contribution in [3.8, 4) is 0 Å². The number of amides is 1. The first-order valence-corrected chi connectivity index (χ1v) is 20.0. The number of aryl methyl sites for hydroxylation is 1. The van der Waals surface area contributed by atoms with Crippen molar-refractivity contribution in [2.24, 2.45) is 29.6 Å². The Morgan fingerprint density at radius 2 is 0.982 bits per heavy atom. The van der Waals surface area contributed by atoms with Crippen LogP contribution in [-0.4, -0.2) is 41.8 Å². The summed E-state index contributed by atoms with van der Waals surface area (Å²) in [4.78, 5) is 58.2. The average molecular weight is 758 g/mol. The highest BCUT2D eigenvalue weighted by Crippen LogP contribution is 2.50. The predicted molar refractivity (Wildman–Crippen MR) is 216 cm³/mol. The largest absolute Gasteiger partial charge is 0.461 e. The maximum atomic E-state index is 14.6. The van der Waals surface area contributed by atoms with Crippen LogP contribution in [0.1, 0.15) is 68.2 Å². The third kappa shape index (κ3) is 12.3. The van der Waals surface area contributed by atoms with Gasteiger partial charge in [0, 0.05) is 13.1 Å². The summed E-state index contributed by atoms with van der Waals surface area (Å²) < 4.78 is 17.3. The van der Waals surface area contributed by atoms with E-state index in [0.29, 0.717) is 31.8 Å². The molecule has 1 aliphatic carbocycles. The summed E-state index contributed by atoms with van der Waals surface area (Å²) in [7, 11) is 0. The average Bonchev–Trinajstić information content (AvgIpc) is 3.22. The van der Waals surface area contributed by atoms with E-state index in [4.69, 9.17) is 14.2 Å². The molecule has 8 heteroatoms. The second-order valence-corrected chi connectivity index (χ2v) is 14.6. The monoisotopic (exact) mass is 757 g/mol. The summed E-state index contributed by atoms with van der Waals surface area (Å²) in [6, 6.07) is 38.1. The lowest BCUT2D eigenvalue weighted by Gasteiger charge is -2.47. The molecule has 4 aromatic rings. The molecule has 1 aliphatic rings. The van der Waals surface area contributed by atoms with Crippen molar-refractivity contribution in [1.29, 1.82) is 0 Å².